The normalized spacial score (nSPS) is 19.7. The summed E-state index contributed by atoms with van der Waals surface area (Å²) in [6, 6.07) is 21.5. The highest BCUT2D eigenvalue weighted by Crippen LogP contribution is 2.36. The van der Waals surface area contributed by atoms with E-state index in [0.29, 0.717) is 22.2 Å². The van der Waals surface area contributed by atoms with Crippen LogP contribution in [0, 0.1) is 11.7 Å². The van der Waals surface area contributed by atoms with Crippen LogP contribution in [0.25, 0.3) is 0 Å². The second-order valence-corrected chi connectivity index (χ2v) is 9.44. The Labute approximate surface area is 208 Å². The molecule has 3 atom stereocenters. The SMILES string of the molecule is C[C@@H]1[C@H](Cc2ccc(Cl)cc2)C(=O)N(c2ccc(F)c(Cl)c2)C(=S)N1[C@@H](C)c1ccccc1. The van der Waals surface area contributed by atoms with Gasteiger partial charge < -0.3 is 4.90 Å². The Morgan fingerprint density at radius 3 is 2.33 bits per heavy atom. The zero-order chi connectivity index (χ0) is 23.7. The molecule has 0 aliphatic carbocycles. The summed E-state index contributed by atoms with van der Waals surface area (Å²) >= 11 is 17.9. The fourth-order valence-corrected chi connectivity index (χ4v) is 5.18. The number of carbonyl (C=O) groups is 1. The van der Waals surface area contributed by atoms with Gasteiger partial charge in [-0.2, -0.15) is 0 Å². The highest BCUT2D eigenvalue weighted by molar-refractivity contribution is 7.80. The number of hydrogen-bond donors (Lipinski definition) is 0. The molecular weight excluding hydrogens is 478 g/mol. The van der Waals surface area contributed by atoms with E-state index in [2.05, 4.69) is 11.8 Å². The van der Waals surface area contributed by atoms with Gasteiger partial charge in [0.2, 0.25) is 5.91 Å². The molecule has 33 heavy (non-hydrogen) atoms. The minimum Gasteiger partial charge on any atom is -0.338 e. The van der Waals surface area contributed by atoms with E-state index in [0.717, 1.165) is 11.1 Å². The molecule has 170 valence electrons. The van der Waals surface area contributed by atoms with Crippen LogP contribution in [0.3, 0.4) is 0 Å². The van der Waals surface area contributed by atoms with Crippen molar-refractivity contribution < 1.29 is 9.18 Å². The molecule has 1 saturated heterocycles. The number of hydrogen-bond acceptors (Lipinski definition) is 2. The van der Waals surface area contributed by atoms with E-state index in [4.69, 9.17) is 35.4 Å². The van der Waals surface area contributed by atoms with E-state index in [1.54, 1.807) is 0 Å². The van der Waals surface area contributed by atoms with Crippen molar-refractivity contribution in [3.8, 4) is 0 Å². The Balaban J connectivity index is 1.77. The number of nitrogens with zero attached hydrogens (tertiary/aromatic N) is 2. The number of benzene rings is 3. The maximum Gasteiger partial charge on any atom is 0.238 e. The van der Waals surface area contributed by atoms with Crippen LogP contribution >= 0.6 is 35.4 Å². The van der Waals surface area contributed by atoms with Crippen LogP contribution in [0.2, 0.25) is 10.0 Å². The van der Waals surface area contributed by atoms with Gasteiger partial charge in [-0.25, -0.2) is 4.39 Å². The van der Waals surface area contributed by atoms with Crippen molar-refractivity contribution in [3.63, 3.8) is 0 Å². The lowest BCUT2D eigenvalue weighted by Gasteiger charge is -2.48. The van der Waals surface area contributed by atoms with Gasteiger partial charge >= 0.3 is 0 Å². The van der Waals surface area contributed by atoms with Crippen molar-refractivity contribution in [2.45, 2.75) is 32.4 Å². The molecule has 3 aromatic rings. The maximum absolute atomic E-state index is 13.9. The van der Waals surface area contributed by atoms with Gasteiger partial charge in [-0.1, -0.05) is 65.7 Å². The highest BCUT2D eigenvalue weighted by atomic mass is 35.5. The van der Waals surface area contributed by atoms with Gasteiger partial charge in [-0.05, 0) is 73.9 Å². The number of amides is 1. The summed E-state index contributed by atoms with van der Waals surface area (Å²) in [5.74, 6) is -1.06. The van der Waals surface area contributed by atoms with Crippen LogP contribution in [0.1, 0.15) is 31.0 Å². The number of thiocarbonyl (C=S) groups is 1. The summed E-state index contributed by atoms with van der Waals surface area (Å²) in [4.78, 5) is 17.3. The van der Waals surface area contributed by atoms with Gasteiger partial charge in [0.15, 0.2) is 5.11 Å². The van der Waals surface area contributed by atoms with E-state index in [-0.39, 0.29) is 28.9 Å². The summed E-state index contributed by atoms with van der Waals surface area (Å²) in [5.41, 5.74) is 2.54. The topological polar surface area (TPSA) is 23.6 Å². The van der Waals surface area contributed by atoms with Crippen LogP contribution in [0.5, 0.6) is 0 Å². The average Bonchev–Trinajstić information content (AvgIpc) is 2.81. The Bertz CT molecular complexity index is 1170. The Kier molecular flexibility index (Phi) is 7.03. The maximum atomic E-state index is 13.9. The quantitative estimate of drug-likeness (QED) is 0.349. The number of anilines is 1. The number of rotatable bonds is 5. The Hall–Kier alpha value is -2.47. The van der Waals surface area contributed by atoms with Crippen LogP contribution in [-0.2, 0) is 11.2 Å². The summed E-state index contributed by atoms with van der Waals surface area (Å²) in [5, 5.41) is 0.961. The molecule has 1 amide bonds. The van der Waals surface area contributed by atoms with Gasteiger partial charge in [0.05, 0.1) is 22.7 Å². The zero-order valence-corrected chi connectivity index (χ0v) is 20.5. The molecule has 0 unspecified atom stereocenters. The van der Waals surface area contributed by atoms with Crippen molar-refractivity contribution in [2.75, 3.05) is 4.90 Å². The van der Waals surface area contributed by atoms with Gasteiger partial charge in [0, 0.05) is 11.1 Å². The monoisotopic (exact) mass is 500 g/mol. The first-order valence-electron chi connectivity index (χ1n) is 10.7. The lowest BCUT2D eigenvalue weighted by molar-refractivity contribution is -0.124. The van der Waals surface area contributed by atoms with E-state index in [1.807, 2.05) is 61.5 Å². The number of carbonyl (C=O) groups excluding carboxylic acids is 1. The molecule has 1 fully saturated rings. The predicted molar refractivity (Wildman–Crippen MR) is 136 cm³/mol. The molecule has 3 aromatic carbocycles. The molecule has 4 rings (SSSR count). The molecule has 1 heterocycles. The second-order valence-electron chi connectivity index (χ2n) is 8.23. The first-order chi connectivity index (χ1) is 15.8. The molecule has 0 N–H and O–H groups in total. The minimum absolute atomic E-state index is 0.0568. The van der Waals surface area contributed by atoms with E-state index in [9.17, 15) is 9.18 Å². The first kappa shape index (κ1) is 23.7. The second kappa shape index (κ2) is 9.80. The molecule has 7 heteroatoms. The smallest absolute Gasteiger partial charge is 0.238 e. The Morgan fingerprint density at radius 1 is 1.03 bits per heavy atom. The molecule has 0 radical (unpaired) electrons. The van der Waals surface area contributed by atoms with Gasteiger partial charge in [-0.15, -0.1) is 0 Å². The third-order valence-corrected chi connectivity index (χ3v) is 7.14. The van der Waals surface area contributed by atoms with Crippen molar-refractivity contribution in [2.24, 2.45) is 5.92 Å². The fraction of sp³-hybridized carbons (Fsp3) is 0.231. The largest absolute Gasteiger partial charge is 0.338 e. The van der Waals surface area contributed by atoms with Gasteiger partial charge in [0.1, 0.15) is 5.82 Å². The molecule has 1 aliphatic heterocycles. The highest BCUT2D eigenvalue weighted by Gasteiger charge is 2.44. The number of halogens is 3. The summed E-state index contributed by atoms with van der Waals surface area (Å²) in [7, 11) is 0. The first-order valence-corrected chi connectivity index (χ1v) is 11.8. The van der Waals surface area contributed by atoms with Gasteiger partial charge in [0.25, 0.3) is 0 Å². The van der Waals surface area contributed by atoms with Crippen molar-refractivity contribution in [1.29, 1.82) is 0 Å². The minimum atomic E-state index is -0.545. The van der Waals surface area contributed by atoms with Crippen LogP contribution in [-0.4, -0.2) is 22.0 Å². The lowest BCUT2D eigenvalue weighted by atomic mass is 9.87. The fourth-order valence-electron chi connectivity index (χ4n) is 4.35. The van der Waals surface area contributed by atoms with Crippen molar-refractivity contribution in [1.82, 2.24) is 4.90 Å². The molecule has 0 aromatic heterocycles. The summed E-state index contributed by atoms with van der Waals surface area (Å²) in [6.45, 7) is 4.10. The van der Waals surface area contributed by atoms with E-state index < -0.39 is 5.82 Å². The summed E-state index contributed by atoms with van der Waals surface area (Å²) in [6.07, 6.45) is 0.517. The molecule has 1 aliphatic rings. The van der Waals surface area contributed by atoms with Crippen LogP contribution < -0.4 is 4.90 Å². The van der Waals surface area contributed by atoms with E-state index >= 15 is 0 Å². The van der Waals surface area contributed by atoms with Gasteiger partial charge in [-0.3, -0.25) is 9.69 Å². The molecule has 0 bridgehead atoms. The molecule has 0 spiro atoms. The third-order valence-electron chi connectivity index (χ3n) is 6.20. The molecule has 3 nitrogen and oxygen atoms in total. The van der Waals surface area contributed by atoms with Crippen LogP contribution in [0.4, 0.5) is 10.1 Å². The van der Waals surface area contributed by atoms with Crippen molar-refractivity contribution >= 4 is 52.1 Å². The van der Waals surface area contributed by atoms with Crippen LogP contribution in [0.15, 0.2) is 72.8 Å². The lowest BCUT2D eigenvalue weighted by Crippen LogP contribution is -2.62. The third kappa shape index (κ3) is 4.77. The van der Waals surface area contributed by atoms with Crippen molar-refractivity contribution in [3.05, 3.63) is 99.8 Å². The Morgan fingerprint density at radius 2 is 1.70 bits per heavy atom. The summed E-state index contributed by atoms with van der Waals surface area (Å²) < 4.78 is 13.9. The average molecular weight is 501 g/mol. The zero-order valence-electron chi connectivity index (χ0n) is 18.2. The molecule has 0 saturated carbocycles. The molecular formula is C26H23Cl2FN2OS. The standard InChI is InChI=1S/C26H23Cl2FN2OS/c1-16(19-6-4-3-5-7-19)30-17(2)22(14-18-8-10-20(27)11-9-18)25(32)31(26(30)33)21-12-13-24(29)23(28)15-21/h3-13,15-17,22H,14H2,1-2H3/t16-,17+,22-/m0/s1. The van der Waals surface area contributed by atoms with E-state index in [1.165, 1.54) is 23.1 Å². The predicted octanol–water partition coefficient (Wildman–Crippen LogP) is 7.07.